The van der Waals surface area contributed by atoms with Crippen LogP contribution >= 0.6 is 11.6 Å². The zero-order chi connectivity index (χ0) is 25.9. The van der Waals surface area contributed by atoms with Crippen LogP contribution in [0.3, 0.4) is 0 Å². The molecule has 0 spiro atoms. The number of hydrogen-bond donors (Lipinski definition) is 0. The lowest BCUT2D eigenvalue weighted by Crippen LogP contribution is -1.98. The number of rotatable bonds is 3. The maximum atomic E-state index is 6.55. The Morgan fingerprint density at radius 1 is 0.462 bits per heavy atom. The fraction of sp³-hybridized carbons (Fsp3) is 0. The lowest BCUT2D eigenvalue weighted by atomic mass is 9.98. The summed E-state index contributed by atoms with van der Waals surface area (Å²) in [6, 6.07) is 36.1. The Bertz CT molecular complexity index is 2200. The van der Waals surface area contributed by atoms with Crippen molar-refractivity contribution < 1.29 is 8.83 Å². The van der Waals surface area contributed by atoms with Gasteiger partial charge in [0.05, 0.1) is 0 Å². The normalized spacial score (nSPS) is 11.7. The molecule has 184 valence electrons. The van der Waals surface area contributed by atoms with Crippen LogP contribution in [-0.4, -0.2) is 15.0 Å². The van der Waals surface area contributed by atoms with Gasteiger partial charge in [-0.05, 0) is 47.5 Å². The Labute approximate surface area is 227 Å². The molecule has 0 amide bonds. The SMILES string of the molecule is Clc1nc(-c2cccc3oc4ccccc4c23)nc(-c2ccc(-c3ccccc3)c3oc4ccccc4c23)n1. The summed E-state index contributed by atoms with van der Waals surface area (Å²) in [7, 11) is 0. The van der Waals surface area contributed by atoms with E-state index in [4.69, 9.17) is 25.4 Å². The molecule has 0 aliphatic carbocycles. The average molecular weight is 524 g/mol. The van der Waals surface area contributed by atoms with Crippen LogP contribution in [-0.2, 0) is 0 Å². The number of furan rings is 2. The molecule has 0 N–H and O–H groups in total. The molecule has 0 aliphatic heterocycles. The van der Waals surface area contributed by atoms with Gasteiger partial charge in [0.25, 0.3) is 0 Å². The van der Waals surface area contributed by atoms with Gasteiger partial charge in [-0.15, -0.1) is 0 Å². The maximum Gasteiger partial charge on any atom is 0.226 e. The van der Waals surface area contributed by atoms with Gasteiger partial charge in [-0.25, -0.2) is 4.98 Å². The number of aromatic nitrogens is 3. The van der Waals surface area contributed by atoms with E-state index in [0.29, 0.717) is 11.6 Å². The zero-order valence-electron chi connectivity index (χ0n) is 20.4. The molecule has 6 heteroatoms. The van der Waals surface area contributed by atoms with E-state index in [-0.39, 0.29) is 5.28 Å². The van der Waals surface area contributed by atoms with Crippen LogP contribution in [0, 0.1) is 0 Å². The first kappa shape index (κ1) is 22.0. The molecular formula is C33H18ClN3O2. The van der Waals surface area contributed by atoms with Gasteiger partial charge in [0, 0.05) is 38.2 Å². The molecule has 3 heterocycles. The minimum atomic E-state index is 0.118. The first-order valence-electron chi connectivity index (χ1n) is 12.6. The average Bonchev–Trinajstić information content (AvgIpc) is 3.56. The summed E-state index contributed by atoms with van der Waals surface area (Å²) < 4.78 is 12.5. The van der Waals surface area contributed by atoms with Gasteiger partial charge in [0.1, 0.15) is 22.3 Å². The van der Waals surface area contributed by atoms with E-state index in [1.54, 1.807) is 0 Å². The monoisotopic (exact) mass is 523 g/mol. The molecule has 0 unspecified atom stereocenters. The Morgan fingerprint density at radius 3 is 1.82 bits per heavy atom. The Kier molecular flexibility index (Phi) is 4.81. The molecule has 0 aliphatic rings. The molecule has 0 saturated heterocycles. The van der Waals surface area contributed by atoms with Crippen molar-refractivity contribution >= 4 is 55.5 Å². The summed E-state index contributed by atoms with van der Waals surface area (Å²) in [4.78, 5) is 14.1. The van der Waals surface area contributed by atoms with Crippen molar-refractivity contribution in [2.45, 2.75) is 0 Å². The van der Waals surface area contributed by atoms with Gasteiger partial charge in [0.2, 0.25) is 5.28 Å². The van der Waals surface area contributed by atoms with Gasteiger partial charge in [-0.2, -0.15) is 9.97 Å². The van der Waals surface area contributed by atoms with Crippen molar-refractivity contribution in [2.75, 3.05) is 0 Å². The van der Waals surface area contributed by atoms with Crippen LogP contribution in [0.25, 0.3) is 77.8 Å². The van der Waals surface area contributed by atoms with Crippen LogP contribution < -0.4 is 0 Å². The number of para-hydroxylation sites is 2. The molecule has 8 rings (SSSR count). The smallest absolute Gasteiger partial charge is 0.226 e. The fourth-order valence-electron chi connectivity index (χ4n) is 5.41. The molecule has 39 heavy (non-hydrogen) atoms. The number of benzene rings is 5. The third-order valence-electron chi connectivity index (χ3n) is 7.10. The number of halogens is 1. The van der Waals surface area contributed by atoms with Crippen LogP contribution in [0.15, 0.2) is 118 Å². The van der Waals surface area contributed by atoms with Crippen molar-refractivity contribution in [3.05, 3.63) is 114 Å². The van der Waals surface area contributed by atoms with Crippen LogP contribution in [0.2, 0.25) is 5.28 Å². The molecule has 0 atom stereocenters. The van der Waals surface area contributed by atoms with E-state index in [1.807, 2.05) is 84.9 Å². The number of nitrogens with zero attached hydrogens (tertiary/aromatic N) is 3. The molecule has 0 bridgehead atoms. The highest BCUT2D eigenvalue weighted by Gasteiger charge is 2.21. The van der Waals surface area contributed by atoms with Gasteiger partial charge in [0.15, 0.2) is 11.6 Å². The summed E-state index contributed by atoms with van der Waals surface area (Å²) in [5, 5.41) is 3.98. The second-order valence-corrected chi connectivity index (χ2v) is 9.70. The van der Waals surface area contributed by atoms with Gasteiger partial charge in [-0.1, -0.05) is 78.9 Å². The van der Waals surface area contributed by atoms with Gasteiger partial charge < -0.3 is 8.83 Å². The van der Waals surface area contributed by atoms with E-state index < -0.39 is 0 Å². The summed E-state index contributed by atoms with van der Waals surface area (Å²) >= 11 is 6.55. The van der Waals surface area contributed by atoms with Crippen LogP contribution in [0.1, 0.15) is 0 Å². The topological polar surface area (TPSA) is 65.0 Å². The molecule has 0 saturated carbocycles. The summed E-state index contributed by atoms with van der Waals surface area (Å²) in [6.45, 7) is 0. The highest BCUT2D eigenvalue weighted by Crippen LogP contribution is 2.42. The largest absolute Gasteiger partial charge is 0.456 e. The molecule has 5 aromatic carbocycles. The van der Waals surface area contributed by atoms with Crippen molar-refractivity contribution in [1.29, 1.82) is 0 Å². The highest BCUT2D eigenvalue weighted by atomic mass is 35.5. The summed E-state index contributed by atoms with van der Waals surface area (Å²) in [6.07, 6.45) is 0. The van der Waals surface area contributed by atoms with Gasteiger partial charge >= 0.3 is 0 Å². The lowest BCUT2D eigenvalue weighted by Gasteiger charge is -2.09. The first-order valence-corrected chi connectivity index (χ1v) is 12.9. The summed E-state index contributed by atoms with van der Waals surface area (Å²) in [5.41, 5.74) is 6.88. The summed E-state index contributed by atoms with van der Waals surface area (Å²) in [5.74, 6) is 0.959. The lowest BCUT2D eigenvalue weighted by molar-refractivity contribution is 0.669. The molecule has 0 radical (unpaired) electrons. The van der Waals surface area contributed by atoms with E-state index in [2.05, 4.69) is 34.2 Å². The third kappa shape index (κ3) is 3.44. The molecular weight excluding hydrogens is 506 g/mol. The third-order valence-corrected chi connectivity index (χ3v) is 7.27. The van der Waals surface area contributed by atoms with Crippen LogP contribution in [0.5, 0.6) is 0 Å². The molecule has 3 aromatic heterocycles. The quantitative estimate of drug-likeness (QED) is 0.231. The van der Waals surface area contributed by atoms with Crippen molar-refractivity contribution in [2.24, 2.45) is 0 Å². The predicted octanol–water partition coefficient (Wildman–Crippen LogP) is 9.32. The standard InChI is InChI=1S/C33H18ClN3O2/c34-33-36-31(23-13-8-16-27-28(23)21-11-4-6-14-25(21)38-27)35-32(37-33)24-18-17-20(19-9-2-1-3-10-19)30-29(24)22-12-5-7-15-26(22)39-30/h1-18H. The van der Waals surface area contributed by atoms with Gasteiger partial charge in [-0.3, -0.25) is 0 Å². The van der Waals surface area contributed by atoms with E-state index in [1.165, 1.54) is 0 Å². The second kappa shape index (κ2) is 8.51. The molecule has 0 fully saturated rings. The maximum absolute atomic E-state index is 6.55. The predicted molar refractivity (Wildman–Crippen MR) is 156 cm³/mol. The first-order chi connectivity index (χ1) is 19.2. The van der Waals surface area contributed by atoms with E-state index in [0.717, 1.165) is 66.1 Å². The van der Waals surface area contributed by atoms with E-state index >= 15 is 0 Å². The Balaban J connectivity index is 1.41. The Hall–Kier alpha value is -5.00. The number of hydrogen-bond acceptors (Lipinski definition) is 5. The Morgan fingerprint density at radius 2 is 1.05 bits per heavy atom. The molecule has 5 nitrogen and oxygen atoms in total. The molecule has 8 aromatic rings. The number of fused-ring (bicyclic) bond motifs is 6. The zero-order valence-corrected chi connectivity index (χ0v) is 21.2. The fourth-order valence-corrected chi connectivity index (χ4v) is 5.57. The van der Waals surface area contributed by atoms with Crippen molar-refractivity contribution in [3.8, 4) is 33.9 Å². The van der Waals surface area contributed by atoms with Crippen molar-refractivity contribution in [3.63, 3.8) is 0 Å². The highest BCUT2D eigenvalue weighted by molar-refractivity contribution is 6.28. The van der Waals surface area contributed by atoms with Crippen LogP contribution in [0.4, 0.5) is 0 Å². The minimum absolute atomic E-state index is 0.118. The van der Waals surface area contributed by atoms with Crippen molar-refractivity contribution in [1.82, 2.24) is 15.0 Å². The second-order valence-electron chi connectivity index (χ2n) is 9.36. The van der Waals surface area contributed by atoms with E-state index in [9.17, 15) is 0 Å². The minimum Gasteiger partial charge on any atom is -0.456 e.